The minimum atomic E-state index is -3.12. The highest BCUT2D eigenvalue weighted by atomic mass is 32.2. The van der Waals surface area contributed by atoms with E-state index in [2.05, 4.69) is 20.1 Å². The molecule has 0 radical (unpaired) electrons. The fourth-order valence-corrected chi connectivity index (χ4v) is 4.20. The Morgan fingerprint density at radius 1 is 1.31 bits per heavy atom. The molecule has 144 valence electrons. The monoisotopic (exact) mass is 382 g/mol. The lowest BCUT2D eigenvalue weighted by Gasteiger charge is -2.28. The Hall–Kier alpha value is -1.78. The first kappa shape index (κ1) is 19.0. The molecule has 3 heterocycles. The van der Waals surface area contributed by atoms with Gasteiger partial charge in [0, 0.05) is 44.4 Å². The minimum Gasteiger partial charge on any atom is -0.338 e. The average Bonchev–Trinajstić information content (AvgIpc) is 3.13. The number of rotatable bonds is 6. The molecule has 10 heteroatoms. The third-order valence-electron chi connectivity index (χ3n) is 4.73. The van der Waals surface area contributed by atoms with Crippen LogP contribution >= 0.6 is 0 Å². The van der Waals surface area contributed by atoms with Gasteiger partial charge in [0.25, 0.3) is 0 Å². The maximum Gasteiger partial charge on any atom is 0.240 e. The zero-order chi connectivity index (χ0) is 18.9. The Labute approximate surface area is 154 Å². The summed E-state index contributed by atoms with van der Waals surface area (Å²) >= 11 is 0. The summed E-state index contributed by atoms with van der Waals surface area (Å²) in [6, 6.07) is 0. The van der Waals surface area contributed by atoms with Gasteiger partial charge in [0.05, 0.1) is 18.5 Å². The first-order valence-corrected chi connectivity index (χ1v) is 10.5. The molecule has 26 heavy (non-hydrogen) atoms. The summed E-state index contributed by atoms with van der Waals surface area (Å²) < 4.78 is 31.9. The SMILES string of the molecule is Cc1nn(C)cc1CN(C)Cc1nc(C2CCN(S(C)(=O)=O)CC2)no1. The van der Waals surface area contributed by atoms with Gasteiger partial charge >= 0.3 is 0 Å². The summed E-state index contributed by atoms with van der Waals surface area (Å²) in [7, 11) is 0.795. The van der Waals surface area contributed by atoms with Gasteiger partial charge in [0.15, 0.2) is 5.82 Å². The van der Waals surface area contributed by atoms with Crippen molar-refractivity contribution in [2.45, 2.75) is 38.8 Å². The van der Waals surface area contributed by atoms with E-state index in [-0.39, 0.29) is 5.92 Å². The number of hydrogen-bond acceptors (Lipinski definition) is 7. The van der Waals surface area contributed by atoms with E-state index < -0.39 is 10.0 Å². The normalized spacial score (nSPS) is 17.3. The average molecular weight is 382 g/mol. The summed E-state index contributed by atoms with van der Waals surface area (Å²) in [6.45, 7) is 4.33. The largest absolute Gasteiger partial charge is 0.338 e. The van der Waals surface area contributed by atoms with Crippen molar-refractivity contribution >= 4 is 10.0 Å². The van der Waals surface area contributed by atoms with Crippen molar-refractivity contribution in [1.82, 2.24) is 29.1 Å². The lowest BCUT2D eigenvalue weighted by molar-refractivity contribution is 0.258. The van der Waals surface area contributed by atoms with Crippen molar-refractivity contribution in [3.8, 4) is 0 Å². The van der Waals surface area contributed by atoms with Crippen LogP contribution in [0.2, 0.25) is 0 Å². The third-order valence-corrected chi connectivity index (χ3v) is 6.04. The van der Waals surface area contributed by atoms with Gasteiger partial charge in [-0.2, -0.15) is 10.1 Å². The zero-order valence-electron chi connectivity index (χ0n) is 15.7. The second kappa shape index (κ2) is 7.45. The second-order valence-corrected chi connectivity index (χ2v) is 9.05. The summed E-state index contributed by atoms with van der Waals surface area (Å²) in [4.78, 5) is 6.63. The quantitative estimate of drug-likeness (QED) is 0.731. The Bertz CT molecular complexity index is 851. The molecule has 0 bridgehead atoms. The van der Waals surface area contributed by atoms with Crippen molar-refractivity contribution in [2.75, 3.05) is 26.4 Å². The Morgan fingerprint density at radius 3 is 2.58 bits per heavy atom. The Morgan fingerprint density at radius 2 is 2.00 bits per heavy atom. The van der Waals surface area contributed by atoms with Crippen molar-refractivity contribution < 1.29 is 12.9 Å². The van der Waals surface area contributed by atoms with Crippen LogP contribution < -0.4 is 0 Å². The minimum absolute atomic E-state index is 0.149. The third kappa shape index (κ3) is 4.49. The van der Waals surface area contributed by atoms with Crippen molar-refractivity contribution in [1.29, 1.82) is 0 Å². The summed E-state index contributed by atoms with van der Waals surface area (Å²) in [6.07, 6.45) is 4.70. The lowest BCUT2D eigenvalue weighted by Crippen LogP contribution is -2.37. The van der Waals surface area contributed by atoms with E-state index in [9.17, 15) is 8.42 Å². The first-order chi connectivity index (χ1) is 12.2. The second-order valence-electron chi connectivity index (χ2n) is 7.07. The fourth-order valence-electron chi connectivity index (χ4n) is 3.33. The molecule has 1 saturated heterocycles. The number of aryl methyl sites for hydroxylation is 2. The van der Waals surface area contributed by atoms with Crippen LogP contribution in [0.1, 0.15) is 41.7 Å². The van der Waals surface area contributed by atoms with Crippen LogP contribution in [0.3, 0.4) is 0 Å². The van der Waals surface area contributed by atoms with Gasteiger partial charge in [-0.1, -0.05) is 5.16 Å². The van der Waals surface area contributed by atoms with Crippen LogP contribution in [-0.4, -0.2) is 63.9 Å². The predicted molar refractivity (Wildman–Crippen MR) is 95.8 cm³/mol. The molecule has 0 aliphatic carbocycles. The predicted octanol–water partition coefficient (Wildman–Crippen LogP) is 0.883. The van der Waals surface area contributed by atoms with E-state index in [1.165, 1.54) is 16.1 Å². The fraction of sp³-hybridized carbons (Fsp3) is 0.688. The van der Waals surface area contributed by atoms with Crippen molar-refractivity contribution in [3.63, 3.8) is 0 Å². The van der Waals surface area contributed by atoms with E-state index in [1.54, 1.807) is 0 Å². The maximum atomic E-state index is 11.6. The molecule has 1 aliphatic heterocycles. The van der Waals surface area contributed by atoms with Crippen LogP contribution in [0, 0.1) is 6.92 Å². The molecule has 9 nitrogen and oxygen atoms in total. The van der Waals surface area contributed by atoms with Crippen LogP contribution in [0.25, 0.3) is 0 Å². The smallest absolute Gasteiger partial charge is 0.240 e. The molecule has 2 aromatic heterocycles. The zero-order valence-corrected chi connectivity index (χ0v) is 16.5. The molecule has 0 N–H and O–H groups in total. The lowest BCUT2D eigenvalue weighted by atomic mass is 9.98. The Balaban J connectivity index is 1.56. The Kier molecular flexibility index (Phi) is 5.44. The molecular formula is C16H26N6O3S. The maximum absolute atomic E-state index is 11.6. The van der Waals surface area contributed by atoms with Crippen LogP contribution in [0.4, 0.5) is 0 Å². The molecule has 0 aromatic carbocycles. The number of nitrogens with zero attached hydrogens (tertiary/aromatic N) is 6. The van der Waals surface area contributed by atoms with Crippen LogP contribution in [0.5, 0.6) is 0 Å². The van der Waals surface area contributed by atoms with Crippen molar-refractivity contribution in [2.24, 2.45) is 7.05 Å². The van der Waals surface area contributed by atoms with Gasteiger partial charge in [0.2, 0.25) is 15.9 Å². The molecule has 0 saturated carbocycles. The van der Waals surface area contributed by atoms with Gasteiger partial charge in [-0.3, -0.25) is 9.58 Å². The van der Waals surface area contributed by atoms with Gasteiger partial charge in [-0.25, -0.2) is 12.7 Å². The number of piperidine rings is 1. The number of aromatic nitrogens is 4. The molecule has 0 unspecified atom stereocenters. The molecule has 0 amide bonds. The van der Waals surface area contributed by atoms with E-state index >= 15 is 0 Å². The highest BCUT2D eigenvalue weighted by Gasteiger charge is 2.28. The highest BCUT2D eigenvalue weighted by Crippen LogP contribution is 2.27. The van der Waals surface area contributed by atoms with Gasteiger partial charge in [-0.15, -0.1) is 0 Å². The molecule has 2 aromatic rings. The van der Waals surface area contributed by atoms with Crippen LogP contribution in [-0.2, 0) is 30.2 Å². The number of hydrogen-bond donors (Lipinski definition) is 0. The van der Waals surface area contributed by atoms with Crippen molar-refractivity contribution in [3.05, 3.63) is 29.2 Å². The summed E-state index contributed by atoms with van der Waals surface area (Å²) in [5.41, 5.74) is 2.19. The summed E-state index contributed by atoms with van der Waals surface area (Å²) in [5, 5.41) is 8.46. The van der Waals surface area contributed by atoms with Gasteiger partial charge in [0.1, 0.15) is 0 Å². The molecule has 1 fully saturated rings. The first-order valence-electron chi connectivity index (χ1n) is 8.67. The van der Waals surface area contributed by atoms with Crippen LogP contribution in [0.15, 0.2) is 10.7 Å². The van der Waals surface area contributed by atoms with E-state index in [0.717, 1.165) is 25.1 Å². The standard InChI is InChI=1S/C16H26N6O3S/c1-12-14(10-21(3)18-12)9-20(2)11-15-17-16(19-25-15)13-5-7-22(8-6-13)26(4,23)24/h10,13H,5-9,11H2,1-4H3. The molecule has 1 aliphatic rings. The topological polar surface area (TPSA) is 97.4 Å². The highest BCUT2D eigenvalue weighted by molar-refractivity contribution is 7.88. The van der Waals surface area contributed by atoms with E-state index in [4.69, 9.17) is 4.52 Å². The molecular weight excluding hydrogens is 356 g/mol. The van der Waals surface area contributed by atoms with E-state index in [1.807, 2.05) is 31.9 Å². The summed E-state index contributed by atoms with van der Waals surface area (Å²) in [5.74, 6) is 1.41. The van der Waals surface area contributed by atoms with E-state index in [0.29, 0.717) is 31.3 Å². The van der Waals surface area contributed by atoms with Gasteiger partial charge < -0.3 is 4.52 Å². The molecule has 0 spiro atoms. The molecule has 3 rings (SSSR count). The van der Waals surface area contributed by atoms with Gasteiger partial charge in [-0.05, 0) is 26.8 Å². The molecule has 0 atom stereocenters. The number of sulfonamides is 1.